The van der Waals surface area contributed by atoms with Crippen molar-refractivity contribution in [2.75, 3.05) is 20.2 Å². The normalized spacial score (nSPS) is 12.4. The van der Waals surface area contributed by atoms with Crippen molar-refractivity contribution in [1.29, 1.82) is 0 Å². The summed E-state index contributed by atoms with van der Waals surface area (Å²) in [4.78, 5) is 5.58. The fourth-order valence-corrected chi connectivity index (χ4v) is 3.93. The number of nitrogens with one attached hydrogen (secondary N) is 2. The fraction of sp³-hybridized carbons (Fsp3) is 0.318. The summed E-state index contributed by atoms with van der Waals surface area (Å²) < 4.78 is 6.33. The first kappa shape index (κ1) is 23.6. The van der Waals surface area contributed by atoms with Gasteiger partial charge in [0.2, 0.25) is 0 Å². The zero-order chi connectivity index (χ0) is 19.8. The quantitative estimate of drug-likeness (QED) is 0.231. The van der Waals surface area contributed by atoms with Crippen molar-refractivity contribution in [1.82, 2.24) is 10.6 Å². The van der Waals surface area contributed by atoms with E-state index in [9.17, 15) is 5.11 Å². The summed E-state index contributed by atoms with van der Waals surface area (Å²) in [6, 6.07) is 18.5. The van der Waals surface area contributed by atoms with E-state index < -0.39 is 6.10 Å². The van der Waals surface area contributed by atoms with Crippen LogP contribution in [0.4, 0.5) is 0 Å². The predicted octanol–water partition coefficient (Wildman–Crippen LogP) is 4.45. The van der Waals surface area contributed by atoms with Crippen LogP contribution in [0.15, 0.2) is 59.6 Å². The van der Waals surface area contributed by atoms with Gasteiger partial charge < -0.3 is 20.5 Å². The molecule has 0 fully saturated rings. The molecule has 7 heteroatoms. The second-order valence-corrected chi connectivity index (χ2v) is 7.64. The number of fused-ring (bicyclic) bond motifs is 1. The summed E-state index contributed by atoms with van der Waals surface area (Å²) in [5.41, 5.74) is 2.27. The molecule has 3 rings (SSSR count). The van der Waals surface area contributed by atoms with Crippen molar-refractivity contribution in [2.45, 2.75) is 26.2 Å². The monoisotopic (exact) mass is 525 g/mol. The zero-order valence-electron chi connectivity index (χ0n) is 16.7. The van der Waals surface area contributed by atoms with Gasteiger partial charge in [-0.1, -0.05) is 42.5 Å². The Kier molecular flexibility index (Phi) is 9.86. The molecule has 2 aromatic carbocycles. The number of methoxy groups -OCH3 is 1. The van der Waals surface area contributed by atoms with E-state index in [1.807, 2.05) is 19.1 Å². The first-order valence-electron chi connectivity index (χ1n) is 9.45. The van der Waals surface area contributed by atoms with Gasteiger partial charge in [-0.3, -0.25) is 0 Å². The number of guanidine groups is 1. The Morgan fingerprint density at radius 1 is 1.10 bits per heavy atom. The standard InChI is InChI=1S/C22H27N3O2S.HI/c1-3-23-22(24-13-16-8-10-17(11-9-16)15-27-2)25-14-19(26)21-12-18-6-4-5-7-20(18)28-21;/h4-12,19,26H,3,13-15H2,1-2H3,(H2,23,24,25);1H. The SMILES string of the molecule is CCNC(=NCc1ccc(COC)cc1)NCC(O)c1cc2ccccc2s1.I. The lowest BCUT2D eigenvalue weighted by Gasteiger charge is -2.14. The van der Waals surface area contributed by atoms with Crippen molar-refractivity contribution in [3.05, 3.63) is 70.6 Å². The molecule has 0 aliphatic heterocycles. The van der Waals surface area contributed by atoms with Gasteiger partial charge in [0.25, 0.3) is 0 Å². The molecular formula is C22H28IN3O2S. The van der Waals surface area contributed by atoms with Crippen molar-refractivity contribution in [3.63, 3.8) is 0 Å². The molecule has 0 amide bonds. The van der Waals surface area contributed by atoms with Gasteiger partial charge in [-0.05, 0) is 35.6 Å². The topological polar surface area (TPSA) is 65.9 Å². The number of halogens is 1. The number of thiophene rings is 1. The number of hydrogen-bond acceptors (Lipinski definition) is 4. The van der Waals surface area contributed by atoms with Crippen LogP contribution < -0.4 is 10.6 Å². The highest BCUT2D eigenvalue weighted by Crippen LogP contribution is 2.29. The third-order valence-electron chi connectivity index (χ3n) is 4.33. The molecule has 3 N–H and O–H groups in total. The largest absolute Gasteiger partial charge is 0.386 e. The number of nitrogens with zero attached hydrogens (tertiary/aromatic N) is 1. The molecule has 1 atom stereocenters. The van der Waals surface area contributed by atoms with Gasteiger partial charge in [0.1, 0.15) is 6.10 Å². The number of aliphatic hydroxyl groups excluding tert-OH is 1. The van der Waals surface area contributed by atoms with Crippen LogP contribution in [0.1, 0.15) is 29.0 Å². The molecule has 0 saturated carbocycles. The molecule has 3 aromatic rings. The van der Waals surface area contributed by atoms with Gasteiger partial charge in [-0.15, -0.1) is 35.3 Å². The molecule has 29 heavy (non-hydrogen) atoms. The number of rotatable bonds is 8. The van der Waals surface area contributed by atoms with Crippen molar-refractivity contribution in [2.24, 2.45) is 4.99 Å². The summed E-state index contributed by atoms with van der Waals surface area (Å²) in [7, 11) is 1.69. The second kappa shape index (κ2) is 12.1. The Hall–Kier alpha value is -1.68. The van der Waals surface area contributed by atoms with E-state index in [1.54, 1.807) is 18.4 Å². The van der Waals surface area contributed by atoms with Crippen LogP contribution in [0.5, 0.6) is 0 Å². The first-order chi connectivity index (χ1) is 13.7. The maximum absolute atomic E-state index is 10.6. The molecule has 1 unspecified atom stereocenters. The highest BCUT2D eigenvalue weighted by Gasteiger charge is 2.12. The van der Waals surface area contributed by atoms with Crippen LogP contribution >= 0.6 is 35.3 Å². The van der Waals surface area contributed by atoms with Gasteiger partial charge in [0, 0.05) is 29.8 Å². The number of aliphatic imine (C=N–C) groups is 1. The highest BCUT2D eigenvalue weighted by molar-refractivity contribution is 14.0. The Morgan fingerprint density at radius 3 is 2.52 bits per heavy atom. The molecule has 1 heterocycles. The van der Waals surface area contributed by atoms with Crippen molar-refractivity contribution < 1.29 is 9.84 Å². The Labute approximate surface area is 193 Å². The Morgan fingerprint density at radius 2 is 1.83 bits per heavy atom. The summed E-state index contributed by atoms with van der Waals surface area (Å²) in [5, 5.41) is 18.2. The maximum Gasteiger partial charge on any atom is 0.191 e. The smallest absolute Gasteiger partial charge is 0.191 e. The molecular weight excluding hydrogens is 497 g/mol. The van der Waals surface area contributed by atoms with Crippen LogP contribution in [-0.4, -0.2) is 31.3 Å². The third kappa shape index (κ3) is 6.95. The number of benzene rings is 2. The lowest BCUT2D eigenvalue weighted by Crippen LogP contribution is -2.39. The molecule has 0 spiro atoms. The van der Waals surface area contributed by atoms with Crippen LogP contribution in [0.25, 0.3) is 10.1 Å². The molecule has 1 aromatic heterocycles. The second-order valence-electron chi connectivity index (χ2n) is 6.53. The maximum atomic E-state index is 10.6. The average Bonchev–Trinajstić information content (AvgIpc) is 3.15. The molecule has 0 bridgehead atoms. The molecule has 5 nitrogen and oxygen atoms in total. The van der Waals surface area contributed by atoms with E-state index in [4.69, 9.17) is 4.74 Å². The predicted molar refractivity (Wildman–Crippen MR) is 132 cm³/mol. The Bertz CT molecular complexity index is 879. The first-order valence-corrected chi connectivity index (χ1v) is 10.3. The van der Waals surface area contributed by atoms with E-state index in [0.717, 1.165) is 22.5 Å². The van der Waals surface area contributed by atoms with E-state index in [-0.39, 0.29) is 24.0 Å². The van der Waals surface area contributed by atoms with Gasteiger partial charge in [0.05, 0.1) is 13.2 Å². The lowest BCUT2D eigenvalue weighted by atomic mass is 10.1. The van der Waals surface area contributed by atoms with Crippen LogP contribution in [0.3, 0.4) is 0 Å². The Balaban J connectivity index is 0.00000300. The van der Waals surface area contributed by atoms with E-state index >= 15 is 0 Å². The summed E-state index contributed by atoms with van der Waals surface area (Å²) in [6.07, 6.45) is -0.574. The number of hydrogen-bond donors (Lipinski definition) is 3. The minimum atomic E-state index is -0.574. The van der Waals surface area contributed by atoms with Crippen molar-refractivity contribution >= 4 is 51.4 Å². The van der Waals surface area contributed by atoms with Crippen LogP contribution in [0.2, 0.25) is 0 Å². The summed E-state index contributed by atoms with van der Waals surface area (Å²) >= 11 is 1.63. The van der Waals surface area contributed by atoms with Gasteiger partial charge in [0.15, 0.2) is 5.96 Å². The van der Waals surface area contributed by atoms with E-state index in [0.29, 0.717) is 25.7 Å². The molecule has 0 aliphatic carbocycles. The minimum absolute atomic E-state index is 0. The van der Waals surface area contributed by atoms with Gasteiger partial charge in [-0.2, -0.15) is 0 Å². The zero-order valence-corrected chi connectivity index (χ0v) is 19.9. The van der Waals surface area contributed by atoms with Crippen LogP contribution in [-0.2, 0) is 17.9 Å². The lowest BCUT2D eigenvalue weighted by molar-refractivity contribution is 0.184. The van der Waals surface area contributed by atoms with Crippen molar-refractivity contribution in [3.8, 4) is 0 Å². The molecule has 0 saturated heterocycles. The summed E-state index contributed by atoms with van der Waals surface area (Å²) in [6.45, 7) is 4.38. The fourth-order valence-electron chi connectivity index (χ4n) is 2.88. The molecule has 0 aliphatic rings. The van der Waals surface area contributed by atoms with E-state index in [2.05, 4.69) is 58.1 Å². The highest BCUT2D eigenvalue weighted by atomic mass is 127. The third-order valence-corrected chi connectivity index (χ3v) is 5.55. The van der Waals surface area contributed by atoms with Gasteiger partial charge >= 0.3 is 0 Å². The molecule has 156 valence electrons. The van der Waals surface area contributed by atoms with Crippen LogP contribution in [0, 0.1) is 0 Å². The van der Waals surface area contributed by atoms with E-state index in [1.165, 1.54) is 10.1 Å². The minimum Gasteiger partial charge on any atom is -0.386 e. The average molecular weight is 525 g/mol. The summed E-state index contributed by atoms with van der Waals surface area (Å²) in [5.74, 6) is 0.698. The number of ether oxygens (including phenoxy) is 1. The number of aliphatic hydroxyl groups is 1. The molecule has 0 radical (unpaired) electrons. The van der Waals surface area contributed by atoms with Gasteiger partial charge in [-0.25, -0.2) is 4.99 Å².